The molecule has 2 aromatic rings. The Morgan fingerprint density at radius 1 is 1.12 bits per heavy atom. The summed E-state index contributed by atoms with van der Waals surface area (Å²) in [4.78, 5) is 17.4. The lowest BCUT2D eigenvalue weighted by molar-refractivity contribution is -0.137. The molecule has 0 saturated heterocycles. The Morgan fingerprint density at radius 2 is 1.85 bits per heavy atom. The summed E-state index contributed by atoms with van der Waals surface area (Å²) in [6.45, 7) is 4.85. The number of unbranched alkanes of at least 4 members (excludes halogenated alkanes) is 2. The molecular formula is C26H32N2O5S. The van der Waals surface area contributed by atoms with E-state index in [1.807, 2.05) is 36.5 Å². The van der Waals surface area contributed by atoms with Gasteiger partial charge in [-0.25, -0.2) is 0 Å². The Labute approximate surface area is 201 Å². The molecular weight excluding hydrogens is 452 g/mol. The Balaban J connectivity index is 1.80. The van der Waals surface area contributed by atoms with E-state index in [9.17, 15) is 17.8 Å². The SMILES string of the molecule is CC1(C)c2cc(S(=O)(=O)O)ccc2N(CCCCCC(=O)O)C1C=CCC=Nc1ccccc1. The van der Waals surface area contributed by atoms with Gasteiger partial charge in [0.2, 0.25) is 0 Å². The van der Waals surface area contributed by atoms with Gasteiger partial charge in [0.05, 0.1) is 16.6 Å². The molecule has 2 N–H and O–H groups in total. The molecule has 7 nitrogen and oxygen atoms in total. The monoisotopic (exact) mass is 484 g/mol. The first-order valence-electron chi connectivity index (χ1n) is 11.5. The van der Waals surface area contributed by atoms with Gasteiger partial charge in [0.25, 0.3) is 10.1 Å². The molecule has 1 heterocycles. The lowest BCUT2D eigenvalue weighted by Crippen LogP contribution is -2.40. The van der Waals surface area contributed by atoms with Crippen molar-refractivity contribution in [2.75, 3.05) is 11.4 Å². The van der Waals surface area contributed by atoms with Crippen molar-refractivity contribution in [1.29, 1.82) is 0 Å². The van der Waals surface area contributed by atoms with Crippen molar-refractivity contribution >= 4 is 33.7 Å². The predicted octanol–water partition coefficient (Wildman–Crippen LogP) is 5.39. The fourth-order valence-corrected chi connectivity index (χ4v) is 4.93. The van der Waals surface area contributed by atoms with Crippen LogP contribution in [0.15, 0.2) is 70.6 Å². The minimum absolute atomic E-state index is 0.0243. The van der Waals surface area contributed by atoms with E-state index in [2.05, 4.69) is 35.9 Å². The highest BCUT2D eigenvalue weighted by Gasteiger charge is 2.43. The quantitative estimate of drug-likeness (QED) is 0.192. The third-order valence-corrected chi connectivity index (χ3v) is 7.04. The molecule has 34 heavy (non-hydrogen) atoms. The van der Waals surface area contributed by atoms with E-state index in [0.717, 1.165) is 29.8 Å². The predicted molar refractivity (Wildman–Crippen MR) is 135 cm³/mol. The summed E-state index contributed by atoms with van der Waals surface area (Å²) in [7, 11) is -4.30. The van der Waals surface area contributed by atoms with Gasteiger partial charge < -0.3 is 10.0 Å². The fourth-order valence-electron chi connectivity index (χ4n) is 4.42. The van der Waals surface area contributed by atoms with Crippen LogP contribution in [-0.2, 0) is 20.3 Å². The number of allylic oxidation sites excluding steroid dienone is 1. The number of rotatable bonds is 11. The molecule has 0 bridgehead atoms. The molecule has 0 spiro atoms. The highest BCUT2D eigenvalue weighted by Crippen LogP contribution is 2.46. The molecule has 3 rings (SSSR count). The zero-order valence-corrected chi connectivity index (χ0v) is 20.4. The zero-order chi connectivity index (χ0) is 24.8. The molecule has 0 radical (unpaired) electrons. The highest BCUT2D eigenvalue weighted by atomic mass is 32.2. The van der Waals surface area contributed by atoms with E-state index < -0.39 is 21.5 Å². The van der Waals surface area contributed by atoms with Crippen LogP contribution >= 0.6 is 0 Å². The number of nitrogens with zero attached hydrogens (tertiary/aromatic N) is 2. The Bertz CT molecular complexity index is 1160. The number of para-hydroxylation sites is 1. The number of anilines is 1. The first-order chi connectivity index (χ1) is 16.1. The number of carboxylic acid groups (broad SMARTS) is 1. The minimum atomic E-state index is -4.30. The van der Waals surface area contributed by atoms with Crippen molar-refractivity contribution in [3.8, 4) is 0 Å². The van der Waals surface area contributed by atoms with Crippen LogP contribution in [0.4, 0.5) is 11.4 Å². The Morgan fingerprint density at radius 3 is 2.53 bits per heavy atom. The molecule has 0 aromatic heterocycles. The van der Waals surface area contributed by atoms with E-state index in [-0.39, 0.29) is 17.4 Å². The highest BCUT2D eigenvalue weighted by molar-refractivity contribution is 7.85. The van der Waals surface area contributed by atoms with Crippen LogP contribution in [0.2, 0.25) is 0 Å². The average Bonchev–Trinajstić information content (AvgIpc) is 2.99. The molecule has 0 amide bonds. The number of hydrogen-bond donors (Lipinski definition) is 2. The molecule has 1 aliphatic heterocycles. The molecule has 1 aliphatic rings. The number of hydrogen-bond acceptors (Lipinski definition) is 5. The molecule has 0 aliphatic carbocycles. The number of carbonyl (C=O) groups is 1. The van der Waals surface area contributed by atoms with Crippen LogP contribution in [-0.4, -0.2) is 42.8 Å². The van der Waals surface area contributed by atoms with Crippen LogP contribution in [0.1, 0.15) is 51.5 Å². The van der Waals surface area contributed by atoms with Crippen LogP contribution in [0, 0.1) is 0 Å². The normalized spacial score (nSPS) is 17.5. The van der Waals surface area contributed by atoms with Crippen molar-refractivity contribution < 1.29 is 22.9 Å². The van der Waals surface area contributed by atoms with Gasteiger partial charge in [0.1, 0.15) is 0 Å². The van der Waals surface area contributed by atoms with E-state index in [0.29, 0.717) is 19.4 Å². The maximum atomic E-state index is 11.7. The van der Waals surface area contributed by atoms with Gasteiger partial charge in [-0.3, -0.25) is 14.3 Å². The molecule has 0 saturated carbocycles. The van der Waals surface area contributed by atoms with E-state index in [4.69, 9.17) is 5.11 Å². The van der Waals surface area contributed by atoms with Gasteiger partial charge in [-0.05, 0) is 48.7 Å². The summed E-state index contributed by atoms with van der Waals surface area (Å²) in [5, 5.41) is 8.87. The van der Waals surface area contributed by atoms with E-state index in [1.54, 1.807) is 12.1 Å². The van der Waals surface area contributed by atoms with E-state index >= 15 is 0 Å². The lowest BCUT2D eigenvalue weighted by Gasteiger charge is -2.32. The number of benzene rings is 2. The fraction of sp³-hybridized carbons (Fsp3) is 0.385. The number of carboxylic acids is 1. The second-order valence-corrected chi connectivity index (χ2v) is 10.5. The van der Waals surface area contributed by atoms with Gasteiger partial charge in [-0.2, -0.15) is 8.42 Å². The molecule has 1 atom stereocenters. The molecule has 1 unspecified atom stereocenters. The van der Waals surface area contributed by atoms with Gasteiger partial charge in [-0.15, -0.1) is 0 Å². The third kappa shape index (κ3) is 6.33. The van der Waals surface area contributed by atoms with Crippen molar-refractivity contribution in [3.05, 3.63) is 66.2 Å². The standard InChI is InChI=1S/C26H32N2O5S/c1-26(2)22-19-21(34(31,32)33)15-16-23(22)28(18-10-4-7-14-25(29)30)24(26)13-8-9-17-27-20-11-5-3-6-12-20/h3,5-6,8,11-13,15-17,19,24H,4,7,9-10,14,18H2,1-2H3,(H,29,30)(H,31,32,33). The van der Waals surface area contributed by atoms with Crippen molar-refractivity contribution in [3.63, 3.8) is 0 Å². The summed E-state index contributed by atoms with van der Waals surface area (Å²) in [6.07, 6.45) is 9.09. The second-order valence-electron chi connectivity index (χ2n) is 9.03. The molecule has 8 heteroatoms. The lowest BCUT2D eigenvalue weighted by atomic mass is 9.80. The zero-order valence-electron chi connectivity index (χ0n) is 19.6. The molecule has 2 aromatic carbocycles. The summed E-state index contributed by atoms with van der Waals surface area (Å²) in [6, 6.07) is 14.4. The Hall–Kier alpha value is -2.97. The van der Waals surface area contributed by atoms with Gasteiger partial charge in [-0.1, -0.05) is 50.6 Å². The second kappa shape index (κ2) is 11.0. The smallest absolute Gasteiger partial charge is 0.303 e. The van der Waals surface area contributed by atoms with E-state index in [1.165, 1.54) is 6.07 Å². The largest absolute Gasteiger partial charge is 0.481 e. The summed E-state index contributed by atoms with van der Waals surface area (Å²) in [5.41, 5.74) is 2.29. The maximum absolute atomic E-state index is 11.7. The first kappa shape index (κ1) is 25.6. The van der Waals surface area contributed by atoms with Crippen LogP contribution in [0.5, 0.6) is 0 Å². The van der Waals surface area contributed by atoms with Gasteiger partial charge in [0.15, 0.2) is 0 Å². The molecule has 182 valence electrons. The average molecular weight is 485 g/mol. The Kier molecular flexibility index (Phi) is 8.28. The summed E-state index contributed by atoms with van der Waals surface area (Å²) in [5.74, 6) is -0.789. The third-order valence-electron chi connectivity index (χ3n) is 6.19. The summed E-state index contributed by atoms with van der Waals surface area (Å²) >= 11 is 0. The van der Waals surface area contributed by atoms with Crippen LogP contribution in [0.3, 0.4) is 0 Å². The maximum Gasteiger partial charge on any atom is 0.303 e. The summed E-state index contributed by atoms with van der Waals surface area (Å²) < 4.78 is 33.0. The van der Waals surface area contributed by atoms with Crippen molar-refractivity contribution in [2.24, 2.45) is 4.99 Å². The number of fused-ring (bicyclic) bond motifs is 1. The van der Waals surface area contributed by atoms with Gasteiger partial charge in [0, 0.05) is 36.7 Å². The van der Waals surface area contributed by atoms with Crippen molar-refractivity contribution in [2.45, 2.75) is 62.3 Å². The molecule has 0 fully saturated rings. The van der Waals surface area contributed by atoms with Crippen LogP contribution < -0.4 is 4.90 Å². The van der Waals surface area contributed by atoms with Crippen LogP contribution in [0.25, 0.3) is 0 Å². The minimum Gasteiger partial charge on any atom is -0.481 e. The van der Waals surface area contributed by atoms with Crippen molar-refractivity contribution in [1.82, 2.24) is 0 Å². The van der Waals surface area contributed by atoms with Gasteiger partial charge >= 0.3 is 5.97 Å². The topological polar surface area (TPSA) is 107 Å². The first-order valence-corrected chi connectivity index (χ1v) is 12.9. The number of aliphatic imine (C=N–C) groups is 1. The number of aliphatic carboxylic acids is 1.